The van der Waals surface area contributed by atoms with E-state index in [1.165, 1.54) is 0 Å². The zero-order chi connectivity index (χ0) is 10.6. The molecule has 0 N–H and O–H groups in total. The van der Waals surface area contributed by atoms with Crippen molar-refractivity contribution in [3.05, 3.63) is 0 Å². The third-order valence-electron chi connectivity index (χ3n) is 2.73. The van der Waals surface area contributed by atoms with Crippen molar-refractivity contribution in [2.24, 2.45) is 0 Å². The Morgan fingerprint density at radius 1 is 1.07 bits per heavy atom. The highest BCUT2D eigenvalue weighted by Gasteiger charge is 2.70. The summed E-state index contributed by atoms with van der Waals surface area (Å²) < 4.78 is 37.6. The number of imide groups is 1. The first kappa shape index (κ1) is 9.48. The van der Waals surface area contributed by atoms with Crippen LogP contribution >= 0.6 is 0 Å². The SMILES string of the molecule is O=C1CCC(=O)N1C1(C(F)(F)F)CC1. The van der Waals surface area contributed by atoms with Crippen molar-refractivity contribution in [2.75, 3.05) is 0 Å². The Kier molecular flexibility index (Phi) is 1.69. The predicted molar refractivity (Wildman–Crippen MR) is 39.1 cm³/mol. The van der Waals surface area contributed by atoms with Crippen LogP contribution in [0.3, 0.4) is 0 Å². The van der Waals surface area contributed by atoms with Crippen LogP contribution in [0, 0.1) is 0 Å². The van der Waals surface area contributed by atoms with E-state index in [0.29, 0.717) is 4.90 Å². The number of amides is 2. The molecule has 78 valence electrons. The molecule has 1 aliphatic heterocycles. The fraction of sp³-hybridized carbons (Fsp3) is 0.750. The van der Waals surface area contributed by atoms with Crippen LogP contribution in [0.15, 0.2) is 0 Å². The van der Waals surface area contributed by atoms with Gasteiger partial charge in [-0.15, -0.1) is 0 Å². The number of nitrogens with zero attached hydrogens (tertiary/aromatic N) is 1. The van der Waals surface area contributed by atoms with Crippen LogP contribution in [-0.2, 0) is 9.59 Å². The zero-order valence-electron chi connectivity index (χ0n) is 7.23. The van der Waals surface area contributed by atoms with Crippen LogP contribution in [0.2, 0.25) is 0 Å². The maximum atomic E-state index is 12.5. The molecule has 0 bridgehead atoms. The van der Waals surface area contributed by atoms with Gasteiger partial charge in [-0.3, -0.25) is 14.5 Å². The first-order chi connectivity index (χ1) is 6.38. The van der Waals surface area contributed by atoms with E-state index in [1.807, 2.05) is 0 Å². The van der Waals surface area contributed by atoms with Crippen molar-refractivity contribution in [1.82, 2.24) is 4.90 Å². The van der Waals surface area contributed by atoms with E-state index in [1.54, 1.807) is 0 Å². The van der Waals surface area contributed by atoms with Crippen LogP contribution in [0.5, 0.6) is 0 Å². The monoisotopic (exact) mass is 207 g/mol. The molecule has 2 amide bonds. The molecule has 1 heterocycles. The van der Waals surface area contributed by atoms with E-state index < -0.39 is 23.5 Å². The van der Waals surface area contributed by atoms with Crippen molar-refractivity contribution in [3.8, 4) is 0 Å². The van der Waals surface area contributed by atoms with Crippen molar-refractivity contribution in [3.63, 3.8) is 0 Å². The molecule has 0 aromatic rings. The van der Waals surface area contributed by atoms with E-state index in [0.717, 1.165) is 0 Å². The van der Waals surface area contributed by atoms with Crippen molar-refractivity contribution >= 4 is 11.8 Å². The number of hydrogen-bond donors (Lipinski definition) is 0. The summed E-state index contributed by atoms with van der Waals surface area (Å²) in [6, 6.07) is 0. The van der Waals surface area contributed by atoms with Gasteiger partial charge in [0.25, 0.3) is 0 Å². The topological polar surface area (TPSA) is 37.4 Å². The maximum Gasteiger partial charge on any atom is 0.412 e. The lowest BCUT2D eigenvalue weighted by molar-refractivity contribution is -0.199. The lowest BCUT2D eigenvalue weighted by Crippen LogP contribution is -2.50. The summed E-state index contributed by atoms with van der Waals surface area (Å²) in [6.07, 6.45) is -4.95. The third-order valence-corrected chi connectivity index (χ3v) is 2.73. The molecule has 0 aromatic heterocycles. The fourth-order valence-electron chi connectivity index (χ4n) is 1.81. The van der Waals surface area contributed by atoms with Gasteiger partial charge in [-0.2, -0.15) is 13.2 Å². The molecule has 0 spiro atoms. The summed E-state index contributed by atoms with van der Waals surface area (Å²) in [7, 11) is 0. The predicted octanol–water partition coefficient (Wildman–Crippen LogP) is 1.23. The summed E-state index contributed by atoms with van der Waals surface area (Å²) in [5, 5.41) is 0. The highest BCUT2D eigenvalue weighted by atomic mass is 19.4. The summed E-state index contributed by atoms with van der Waals surface area (Å²) >= 11 is 0. The van der Waals surface area contributed by atoms with Gasteiger partial charge in [0.1, 0.15) is 5.54 Å². The van der Waals surface area contributed by atoms with Crippen LogP contribution in [-0.4, -0.2) is 28.4 Å². The number of rotatable bonds is 1. The number of alkyl halides is 3. The van der Waals surface area contributed by atoms with Gasteiger partial charge in [0.2, 0.25) is 11.8 Å². The molecule has 2 fully saturated rings. The Labute approximate surface area is 77.9 Å². The lowest BCUT2D eigenvalue weighted by atomic mass is 10.2. The normalized spacial score (nSPS) is 25.8. The van der Waals surface area contributed by atoms with Gasteiger partial charge in [0.15, 0.2) is 0 Å². The molecule has 0 atom stereocenters. The Bertz CT molecular complexity index is 290. The molecule has 1 aliphatic carbocycles. The number of carbonyl (C=O) groups is 2. The second-order valence-electron chi connectivity index (χ2n) is 3.65. The number of hydrogen-bond acceptors (Lipinski definition) is 2. The van der Waals surface area contributed by atoms with Crippen LogP contribution in [0.1, 0.15) is 25.7 Å². The van der Waals surface area contributed by atoms with Crippen LogP contribution < -0.4 is 0 Å². The van der Waals surface area contributed by atoms with Crippen molar-refractivity contribution < 1.29 is 22.8 Å². The minimum Gasteiger partial charge on any atom is -0.274 e. The Morgan fingerprint density at radius 2 is 1.50 bits per heavy atom. The third kappa shape index (κ3) is 1.06. The lowest BCUT2D eigenvalue weighted by Gasteiger charge is -2.27. The average Bonchev–Trinajstić information content (AvgIpc) is 2.76. The average molecular weight is 207 g/mol. The second kappa shape index (κ2) is 2.49. The molecule has 1 saturated carbocycles. The van der Waals surface area contributed by atoms with E-state index >= 15 is 0 Å². The smallest absolute Gasteiger partial charge is 0.274 e. The molecule has 1 saturated heterocycles. The Morgan fingerprint density at radius 3 is 1.79 bits per heavy atom. The quantitative estimate of drug-likeness (QED) is 0.606. The first-order valence-electron chi connectivity index (χ1n) is 4.31. The van der Waals surface area contributed by atoms with Gasteiger partial charge in [-0.1, -0.05) is 0 Å². The molecule has 14 heavy (non-hydrogen) atoms. The van der Waals surface area contributed by atoms with Crippen molar-refractivity contribution in [2.45, 2.75) is 37.4 Å². The molecular formula is C8H8F3NO2. The van der Waals surface area contributed by atoms with Gasteiger partial charge in [-0.05, 0) is 12.8 Å². The highest BCUT2D eigenvalue weighted by Crippen LogP contribution is 2.54. The van der Waals surface area contributed by atoms with Gasteiger partial charge in [0.05, 0.1) is 0 Å². The second-order valence-corrected chi connectivity index (χ2v) is 3.65. The maximum absolute atomic E-state index is 12.5. The first-order valence-corrected chi connectivity index (χ1v) is 4.31. The zero-order valence-corrected chi connectivity index (χ0v) is 7.23. The van der Waals surface area contributed by atoms with Crippen LogP contribution in [0.4, 0.5) is 13.2 Å². The summed E-state index contributed by atoms with van der Waals surface area (Å²) in [5.41, 5.74) is -2.16. The fourth-order valence-corrected chi connectivity index (χ4v) is 1.81. The Balaban J connectivity index is 2.31. The molecule has 3 nitrogen and oxygen atoms in total. The van der Waals surface area contributed by atoms with Gasteiger partial charge in [-0.25, -0.2) is 0 Å². The molecule has 0 radical (unpaired) electrons. The number of likely N-dealkylation sites (tertiary alicyclic amines) is 1. The van der Waals surface area contributed by atoms with Crippen molar-refractivity contribution in [1.29, 1.82) is 0 Å². The van der Waals surface area contributed by atoms with E-state index in [-0.39, 0.29) is 25.7 Å². The summed E-state index contributed by atoms with van der Waals surface area (Å²) in [6.45, 7) is 0. The molecule has 2 aliphatic rings. The van der Waals surface area contributed by atoms with E-state index in [2.05, 4.69) is 0 Å². The molecule has 6 heteroatoms. The van der Waals surface area contributed by atoms with Gasteiger partial charge in [0, 0.05) is 12.8 Å². The minimum atomic E-state index is -4.48. The standard InChI is InChI=1S/C8H8F3NO2/c9-8(10,11)7(3-4-7)12-5(13)1-2-6(12)14/h1-4H2. The van der Waals surface area contributed by atoms with Crippen LogP contribution in [0.25, 0.3) is 0 Å². The summed E-state index contributed by atoms with van der Waals surface area (Å²) in [4.78, 5) is 22.7. The molecule has 0 aromatic carbocycles. The molecule has 0 unspecified atom stereocenters. The largest absolute Gasteiger partial charge is 0.412 e. The minimum absolute atomic E-state index is 0.0866. The Hall–Kier alpha value is -1.07. The van der Waals surface area contributed by atoms with E-state index in [9.17, 15) is 22.8 Å². The highest BCUT2D eigenvalue weighted by molar-refractivity contribution is 6.03. The van der Waals surface area contributed by atoms with Gasteiger partial charge >= 0.3 is 6.18 Å². The number of halogens is 3. The van der Waals surface area contributed by atoms with E-state index in [4.69, 9.17) is 0 Å². The van der Waals surface area contributed by atoms with Gasteiger partial charge < -0.3 is 0 Å². The molecule has 2 rings (SSSR count). The number of carbonyl (C=O) groups excluding carboxylic acids is 2. The summed E-state index contributed by atoms with van der Waals surface area (Å²) in [5.74, 6) is -1.38. The molecular weight excluding hydrogens is 199 g/mol.